The number of rotatable bonds is 5. The van der Waals surface area contributed by atoms with Crippen molar-refractivity contribution in [1.82, 2.24) is 25.7 Å². The molecule has 1 saturated heterocycles. The molecule has 29 heavy (non-hydrogen) atoms. The molecule has 1 aliphatic heterocycles. The highest BCUT2D eigenvalue weighted by molar-refractivity contribution is 5.79. The Labute approximate surface area is 174 Å². The number of hydrogen-bond acceptors (Lipinski definition) is 5. The molecule has 0 aliphatic carbocycles. The molecule has 1 aliphatic rings. The Morgan fingerprint density at radius 1 is 1.28 bits per heavy atom. The van der Waals surface area contributed by atoms with Crippen molar-refractivity contribution in [3.63, 3.8) is 0 Å². The van der Waals surface area contributed by atoms with Crippen LogP contribution in [-0.2, 0) is 18.5 Å². The van der Waals surface area contributed by atoms with Crippen LogP contribution in [0.3, 0.4) is 0 Å². The zero-order chi connectivity index (χ0) is 20.9. The summed E-state index contributed by atoms with van der Waals surface area (Å²) in [5.74, 6) is 2.07. The van der Waals surface area contributed by atoms with Crippen LogP contribution in [0.4, 0.5) is 0 Å². The average molecular weight is 399 g/mol. The lowest BCUT2D eigenvalue weighted by Crippen LogP contribution is -2.51. The second kappa shape index (κ2) is 9.39. The van der Waals surface area contributed by atoms with E-state index in [0.717, 1.165) is 31.9 Å². The Balaban J connectivity index is 1.47. The van der Waals surface area contributed by atoms with Crippen molar-refractivity contribution in [1.29, 1.82) is 0 Å². The van der Waals surface area contributed by atoms with E-state index < -0.39 is 0 Å². The lowest BCUT2D eigenvalue weighted by Gasteiger charge is -2.38. The first-order valence-electron chi connectivity index (χ1n) is 10.4. The molecule has 158 valence electrons. The molecule has 2 unspecified atom stereocenters. The smallest absolute Gasteiger partial charge is 0.232 e. The van der Waals surface area contributed by atoms with E-state index in [1.807, 2.05) is 0 Å². The number of likely N-dealkylation sites (tertiary alicyclic amines) is 1. The van der Waals surface area contributed by atoms with Crippen LogP contribution < -0.4 is 10.6 Å². The molecule has 0 saturated carbocycles. The predicted octanol–water partition coefficient (Wildman–Crippen LogP) is 3.09. The van der Waals surface area contributed by atoms with Gasteiger partial charge in [-0.05, 0) is 25.3 Å². The second-order valence-electron chi connectivity index (χ2n) is 8.86. The Hall–Kier alpha value is -2.41. The summed E-state index contributed by atoms with van der Waals surface area (Å²) in [6.07, 6.45) is 2.18. The molecule has 1 aromatic heterocycles. The standard InChI is InChI=1S/C22H34N6O/c1-16-13-18(11-12-28(16)15-17-9-7-6-8-10-17)25-21(23-5)24-14-19-26-20(29-27-19)22(2,3)4/h6-10,16,18H,11-15H2,1-5H3,(H2,23,24,25). The van der Waals surface area contributed by atoms with Gasteiger partial charge in [-0.2, -0.15) is 4.98 Å². The largest absolute Gasteiger partial charge is 0.354 e. The number of guanidine groups is 1. The van der Waals surface area contributed by atoms with E-state index in [0.29, 0.717) is 30.3 Å². The van der Waals surface area contributed by atoms with Gasteiger partial charge in [0.2, 0.25) is 5.89 Å². The molecule has 0 radical (unpaired) electrons. The highest BCUT2D eigenvalue weighted by Gasteiger charge is 2.26. The number of benzene rings is 1. The fourth-order valence-electron chi connectivity index (χ4n) is 3.59. The minimum absolute atomic E-state index is 0.144. The van der Waals surface area contributed by atoms with Gasteiger partial charge >= 0.3 is 0 Å². The molecule has 2 atom stereocenters. The maximum atomic E-state index is 5.35. The minimum Gasteiger partial charge on any atom is -0.354 e. The van der Waals surface area contributed by atoms with E-state index in [-0.39, 0.29) is 5.41 Å². The Bertz CT molecular complexity index is 795. The van der Waals surface area contributed by atoms with Crippen molar-refractivity contribution in [2.45, 2.75) is 71.1 Å². The molecule has 7 nitrogen and oxygen atoms in total. The van der Waals surface area contributed by atoms with Gasteiger partial charge in [-0.25, -0.2) is 0 Å². The van der Waals surface area contributed by atoms with Crippen molar-refractivity contribution in [2.75, 3.05) is 13.6 Å². The van der Waals surface area contributed by atoms with Gasteiger partial charge in [-0.15, -0.1) is 0 Å². The molecule has 2 aromatic rings. The molecule has 1 fully saturated rings. The van der Waals surface area contributed by atoms with E-state index in [1.54, 1.807) is 7.05 Å². The summed E-state index contributed by atoms with van der Waals surface area (Å²) < 4.78 is 5.35. The van der Waals surface area contributed by atoms with Crippen LogP contribution in [0.5, 0.6) is 0 Å². The molecular formula is C22H34N6O. The van der Waals surface area contributed by atoms with Crippen molar-refractivity contribution >= 4 is 5.96 Å². The fourth-order valence-corrected chi connectivity index (χ4v) is 3.59. The Kier molecular flexibility index (Phi) is 6.90. The van der Waals surface area contributed by atoms with Gasteiger partial charge < -0.3 is 15.2 Å². The topological polar surface area (TPSA) is 78.6 Å². The van der Waals surface area contributed by atoms with E-state index >= 15 is 0 Å². The summed E-state index contributed by atoms with van der Waals surface area (Å²) in [5.41, 5.74) is 1.23. The van der Waals surface area contributed by atoms with Gasteiger partial charge in [0.05, 0.1) is 6.54 Å². The van der Waals surface area contributed by atoms with Crippen molar-refractivity contribution in [3.8, 4) is 0 Å². The summed E-state index contributed by atoms with van der Waals surface area (Å²) in [4.78, 5) is 11.4. The molecule has 7 heteroatoms. The molecule has 0 spiro atoms. The first-order valence-corrected chi connectivity index (χ1v) is 10.4. The van der Waals surface area contributed by atoms with Gasteiger partial charge in [0.25, 0.3) is 0 Å². The third-order valence-corrected chi connectivity index (χ3v) is 5.33. The molecule has 2 N–H and O–H groups in total. The first kappa shape index (κ1) is 21.3. The number of nitrogens with one attached hydrogen (secondary N) is 2. The number of aliphatic imine (C=N–C) groups is 1. The van der Waals surface area contributed by atoms with Gasteiger partial charge in [-0.1, -0.05) is 56.3 Å². The van der Waals surface area contributed by atoms with Crippen LogP contribution in [0.2, 0.25) is 0 Å². The van der Waals surface area contributed by atoms with Crippen molar-refractivity contribution in [3.05, 3.63) is 47.6 Å². The first-order chi connectivity index (χ1) is 13.8. The van der Waals surface area contributed by atoms with Crippen molar-refractivity contribution < 1.29 is 4.52 Å². The summed E-state index contributed by atoms with van der Waals surface area (Å²) in [6.45, 7) is 11.1. The number of hydrogen-bond donors (Lipinski definition) is 2. The normalized spacial score (nSPS) is 21.2. The summed E-state index contributed by atoms with van der Waals surface area (Å²) >= 11 is 0. The van der Waals surface area contributed by atoms with Gasteiger partial charge in [0.15, 0.2) is 11.8 Å². The lowest BCUT2D eigenvalue weighted by molar-refractivity contribution is 0.134. The number of piperidine rings is 1. The summed E-state index contributed by atoms with van der Waals surface area (Å²) in [7, 11) is 1.79. The lowest BCUT2D eigenvalue weighted by atomic mass is 9.97. The third-order valence-electron chi connectivity index (χ3n) is 5.33. The highest BCUT2D eigenvalue weighted by atomic mass is 16.5. The molecule has 0 amide bonds. The van der Waals surface area contributed by atoms with Crippen LogP contribution in [0, 0.1) is 0 Å². The van der Waals surface area contributed by atoms with Gasteiger partial charge in [0.1, 0.15) is 0 Å². The Morgan fingerprint density at radius 2 is 2.03 bits per heavy atom. The van der Waals surface area contributed by atoms with Crippen LogP contribution in [0.15, 0.2) is 39.8 Å². The molecular weight excluding hydrogens is 364 g/mol. The number of aromatic nitrogens is 2. The maximum Gasteiger partial charge on any atom is 0.232 e. The SMILES string of the molecule is CN=C(NCc1noc(C(C)(C)C)n1)NC1CCN(Cc2ccccc2)C(C)C1. The van der Waals surface area contributed by atoms with Crippen LogP contribution in [0.25, 0.3) is 0 Å². The number of nitrogens with zero attached hydrogens (tertiary/aromatic N) is 4. The molecule has 1 aromatic carbocycles. The predicted molar refractivity (Wildman–Crippen MR) is 116 cm³/mol. The average Bonchev–Trinajstić information content (AvgIpc) is 3.17. The highest BCUT2D eigenvalue weighted by Crippen LogP contribution is 2.20. The zero-order valence-corrected chi connectivity index (χ0v) is 18.3. The molecule has 2 heterocycles. The maximum absolute atomic E-state index is 5.35. The van der Waals surface area contributed by atoms with E-state index in [4.69, 9.17) is 4.52 Å². The van der Waals surface area contributed by atoms with Gasteiger partial charge in [-0.3, -0.25) is 9.89 Å². The fraction of sp³-hybridized carbons (Fsp3) is 0.591. The van der Waals surface area contributed by atoms with E-state index in [9.17, 15) is 0 Å². The Morgan fingerprint density at radius 3 is 2.66 bits per heavy atom. The molecule has 3 rings (SSSR count). The van der Waals surface area contributed by atoms with Gasteiger partial charge in [0, 0.05) is 37.6 Å². The molecule has 0 bridgehead atoms. The van der Waals surface area contributed by atoms with Crippen LogP contribution >= 0.6 is 0 Å². The minimum atomic E-state index is -0.144. The van der Waals surface area contributed by atoms with E-state index in [2.05, 4.69) is 88.7 Å². The van der Waals surface area contributed by atoms with Crippen LogP contribution in [-0.4, -0.2) is 46.7 Å². The summed E-state index contributed by atoms with van der Waals surface area (Å²) in [5, 5.41) is 10.9. The second-order valence-corrected chi connectivity index (χ2v) is 8.86. The zero-order valence-electron chi connectivity index (χ0n) is 18.3. The van der Waals surface area contributed by atoms with Crippen LogP contribution in [0.1, 0.15) is 57.8 Å². The summed E-state index contributed by atoms with van der Waals surface area (Å²) in [6, 6.07) is 11.6. The third kappa shape index (κ3) is 6.03. The monoisotopic (exact) mass is 398 g/mol. The quantitative estimate of drug-likeness (QED) is 0.595. The van der Waals surface area contributed by atoms with Crippen molar-refractivity contribution in [2.24, 2.45) is 4.99 Å². The van der Waals surface area contributed by atoms with E-state index in [1.165, 1.54) is 5.56 Å².